The van der Waals surface area contributed by atoms with Crippen molar-refractivity contribution in [3.8, 4) is 17.2 Å². The van der Waals surface area contributed by atoms with E-state index in [0.29, 0.717) is 29.9 Å². The SMILES string of the molecule is CO[C@H]1CC[C@@]23c4cc5c(cc4C(=O)[C@H](CCc4ccc(O)cc4)[C@@H]2C(=O)N(C)[C@H]3C1)OCO5. The third-order valence-electron chi connectivity index (χ3n) is 8.63. The van der Waals surface area contributed by atoms with Crippen LogP contribution < -0.4 is 9.47 Å². The Bertz CT molecular complexity index is 1160. The van der Waals surface area contributed by atoms with E-state index in [1.807, 2.05) is 36.2 Å². The molecule has 7 nitrogen and oxygen atoms in total. The zero-order chi connectivity index (χ0) is 23.6. The summed E-state index contributed by atoms with van der Waals surface area (Å²) in [6.45, 7) is 0.140. The van der Waals surface area contributed by atoms with E-state index >= 15 is 0 Å². The summed E-state index contributed by atoms with van der Waals surface area (Å²) in [4.78, 5) is 29.6. The van der Waals surface area contributed by atoms with E-state index in [9.17, 15) is 14.7 Å². The number of ether oxygens (including phenoxy) is 3. The topological polar surface area (TPSA) is 85.3 Å². The molecule has 0 unspecified atom stereocenters. The standard InChI is InChI=1S/C27H29NO6/c1-28-23-11-17(32-2)9-10-27(23)20-13-22-21(33-14-34-22)12-19(20)25(30)18(24(27)26(28)31)8-5-15-3-6-16(29)7-4-15/h3-4,6-7,12-13,17-18,23-24,29H,5,8-11,14H2,1-2H3/t17-,18+,23-,24+,27-/m0/s1. The molecule has 7 heteroatoms. The number of nitrogens with zero attached hydrogens (tertiary/aromatic N) is 1. The van der Waals surface area contributed by atoms with Gasteiger partial charge >= 0.3 is 0 Å². The summed E-state index contributed by atoms with van der Waals surface area (Å²) >= 11 is 0. The van der Waals surface area contributed by atoms with Gasteiger partial charge in [0, 0.05) is 37.1 Å². The number of rotatable bonds is 4. The molecule has 1 saturated carbocycles. The molecule has 4 aliphatic rings. The molecule has 34 heavy (non-hydrogen) atoms. The Hall–Kier alpha value is -3.06. The van der Waals surface area contributed by atoms with Gasteiger partial charge in [0.25, 0.3) is 0 Å². The first-order chi connectivity index (χ1) is 16.4. The highest BCUT2D eigenvalue weighted by Gasteiger charge is 2.66. The number of aromatic hydroxyl groups is 1. The highest BCUT2D eigenvalue weighted by atomic mass is 16.7. The minimum Gasteiger partial charge on any atom is -0.508 e. The molecule has 0 radical (unpaired) electrons. The molecule has 2 fully saturated rings. The van der Waals surface area contributed by atoms with Gasteiger partial charge in [0.1, 0.15) is 5.75 Å². The van der Waals surface area contributed by atoms with Crippen LogP contribution >= 0.6 is 0 Å². The van der Waals surface area contributed by atoms with E-state index in [-0.39, 0.29) is 36.4 Å². The van der Waals surface area contributed by atoms with Crippen molar-refractivity contribution in [2.24, 2.45) is 11.8 Å². The lowest BCUT2D eigenvalue weighted by atomic mass is 9.52. The van der Waals surface area contributed by atoms with Gasteiger partial charge in [0.15, 0.2) is 17.3 Å². The molecule has 178 valence electrons. The molecule has 5 atom stereocenters. The van der Waals surface area contributed by atoms with Crippen LogP contribution in [0.2, 0.25) is 0 Å². The normalized spacial score (nSPS) is 31.3. The molecule has 2 aromatic rings. The Labute approximate surface area is 198 Å². The highest BCUT2D eigenvalue weighted by molar-refractivity contribution is 6.06. The highest BCUT2D eigenvalue weighted by Crippen LogP contribution is 2.60. The Balaban J connectivity index is 1.47. The summed E-state index contributed by atoms with van der Waals surface area (Å²) in [5.41, 5.74) is 2.18. The van der Waals surface area contributed by atoms with Gasteiger partial charge in [-0.2, -0.15) is 0 Å². The summed E-state index contributed by atoms with van der Waals surface area (Å²) in [6, 6.07) is 10.8. The number of likely N-dealkylation sites (N-methyl/N-ethyl adjacent to an activating group) is 1. The molecule has 0 bridgehead atoms. The van der Waals surface area contributed by atoms with Crippen molar-refractivity contribution < 1.29 is 28.9 Å². The first-order valence-electron chi connectivity index (χ1n) is 12.0. The largest absolute Gasteiger partial charge is 0.508 e. The van der Waals surface area contributed by atoms with Crippen LogP contribution in [-0.4, -0.2) is 54.8 Å². The van der Waals surface area contributed by atoms with Gasteiger partial charge in [-0.1, -0.05) is 12.1 Å². The van der Waals surface area contributed by atoms with E-state index in [4.69, 9.17) is 14.2 Å². The second-order valence-corrected chi connectivity index (χ2v) is 10.0. The van der Waals surface area contributed by atoms with Crippen molar-refractivity contribution in [2.45, 2.75) is 49.7 Å². The van der Waals surface area contributed by atoms with Gasteiger partial charge in [0.05, 0.1) is 12.0 Å². The van der Waals surface area contributed by atoms with Crippen molar-refractivity contribution in [1.82, 2.24) is 4.90 Å². The molecule has 1 saturated heterocycles. The Morgan fingerprint density at radius 3 is 2.62 bits per heavy atom. The van der Waals surface area contributed by atoms with E-state index in [0.717, 1.165) is 30.4 Å². The number of likely N-dealkylation sites (tertiary alicyclic amines) is 1. The maximum absolute atomic E-state index is 13.9. The number of hydrogen-bond acceptors (Lipinski definition) is 6. The fourth-order valence-corrected chi connectivity index (χ4v) is 6.99. The first-order valence-corrected chi connectivity index (χ1v) is 12.0. The van der Waals surface area contributed by atoms with Crippen LogP contribution in [0.4, 0.5) is 0 Å². The van der Waals surface area contributed by atoms with Crippen LogP contribution in [0.15, 0.2) is 36.4 Å². The molecular weight excluding hydrogens is 434 g/mol. The summed E-state index contributed by atoms with van der Waals surface area (Å²) in [5, 5.41) is 9.62. The zero-order valence-electron chi connectivity index (χ0n) is 19.5. The predicted octanol–water partition coefficient (Wildman–Crippen LogP) is 3.46. The minimum atomic E-state index is -0.454. The summed E-state index contributed by atoms with van der Waals surface area (Å²) < 4.78 is 17.0. The number of benzene rings is 2. The second kappa shape index (κ2) is 7.73. The lowest BCUT2D eigenvalue weighted by Crippen LogP contribution is -2.54. The van der Waals surface area contributed by atoms with Crippen molar-refractivity contribution in [1.29, 1.82) is 0 Å². The molecule has 0 aromatic heterocycles. The number of carbonyl (C=O) groups is 2. The van der Waals surface area contributed by atoms with E-state index < -0.39 is 17.3 Å². The fraction of sp³-hybridized carbons (Fsp3) is 0.481. The average Bonchev–Trinajstić information content (AvgIpc) is 3.40. The quantitative estimate of drug-likeness (QED) is 0.748. The molecule has 1 amide bonds. The van der Waals surface area contributed by atoms with Gasteiger partial charge in [0.2, 0.25) is 12.7 Å². The molecular formula is C27H29NO6. The van der Waals surface area contributed by atoms with Crippen LogP contribution in [-0.2, 0) is 21.4 Å². The van der Waals surface area contributed by atoms with Gasteiger partial charge in [-0.05, 0) is 67.5 Å². The van der Waals surface area contributed by atoms with Gasteiger partial charge < -0.3 is 24.2 Å². The maximum atomic E-state index is 13.9. The number of methoxy groups -OCH3 is 1. The van der Waals surface area contributed by atoms with Gasteiger partial charge in [-0.3, -0.25) is 9.59 Å². The van der Waals surface area contributed by atoms with Crippen molar-refractivity contribution in [3.63, 3.8) is 0 Å². The Kier molecular flexibility index (Phi) is 4.88. The molecule has 1 spiro atoms. The van der Waals surface area contributed by atoms with Crippen LogP contribution in [0.25, 0.3) is 0 Å². The smallest absolute Gasteiger partial charge is 0.231 e. The monoisotopic (exact) mass is 463 g/mol. The van der Waals surface area contributed by atoms with Crippen molar-refractivity contribution in [2.75, 3.05) is 21.0 Å². The number of fused-ring (bicyclic) bond motifs is 2. The third kappa shape index (κ3) is 2.92. The lowest BCUT2D eigenvalue weighted by Gasteiger charge is -2.50. The molecule has 2 aliphatic heterocycles. The number of ketones is 1. The van der Waals surface area contributed by atoms with Crippen molar-refractivity contribution in [3.05, 3.63) is 53.1 Å². The predicted molar refractivity (Wildman–Crippen MR) is 123 cm³/mol. The number of hydrogen-bond donors (Lipinski definition) is 1. The number of phenols is 1. The van der Waals surface area contributed by atoms with Crippen LogP contribution in [0.5, 0.6) is 17.2 Å². The second-order valence-electron chi connectivity index (χ2n) is 10.0. The number of aryl methyl sites for hydroxylation is 1. The number of Topliss-reactive ketones (excluding diaryl/α,β-unsaturated/α-hetero) is 1. The summed E-state index contributed by atoms with van der Waals surface area (Å²) in [7, 11) is 3.60. The third-order valence-corrected chi connectivity index (χ3v) is 8.63. The van der Waals surface area contributed by atoms with E-state index in [1.54, 1.807) is 19.2 Å². The van der Waals surface area contributed by atoms with Crippen LogP contribution in [0.1, 0.15) is 47.2 Å². The molecule has 2 aromatic carbocycles. The maximum Gasteiger partial charge on any atom is 0.231 e. The molecule has 1 N–H and O–H groups in total. The lowest BCUT2D eigenvalue weighted by molar-refractivity contribution is -0.132. The molecule has 2 aliphatic carbocycles. The summed E-state index contributed by atoms with van der Waals surface area (Å²) in [5.74, 6) is 0.703. The summed E-state index contributed by atoms with van der Waals surface area (Å²) in [6.07, 6.45) is 3.71. The van der Waals surface area contributed by atoms with Crippen molar-refractivity contribution >= 4 is 11.7 Å². The van der Waals surface area contributed by atoms with Gasteiger partial charge in [-0.25, -0.2) is 0 Å². The molecule has 2 heterocycles. The van der Waals surface area contributed by atoms with Crippen LogP contribution in [0.3, 0.4) is 0 Å². The number of amides is 1. The van der Waals surface area contributed by atoms with Crippen LogP contribution in [0, 0.1) is 11.8 Å². The average molecular weight is 464 g/mol. The Morgan fingerprint density at radius 2 is 1.88 bits per heavy atom. The molecule has 6 rings (SSSR count). The number of phenolic OH excluding ortho intramolecular Hbond substituents is 1. The fourth-order valence-electron chi connectivity index (χ4n) is 6.99. The first kappa shape index (κ1) is 21.5. The van der Waals surface area contributed by atoms with E-state index in [1.165, 1.54) is 0 Å². The Morgan fingerprint density at radius 1 is 1.15 bits per heavy atom. The zero-order valence-corrected chi connectivity index (χ0v) is 19.5. The number of carbonyl (C=O) groups excluding carboxylic acids is 2. The van der Waals surface area contributed by atoms with E-state index in [2.05, 4.69) is 0 Å². The van der Waals surface area contributed by atoms with Gasteiger partial charge in [-0.15, -0.1) is 0 Å². The minimum absolute atomic E-state index is 0.0129.